The smallest absolute Gasteiger partial charge is 0.160 e. The molecule has 0 N–H and O–H groups in total. The van der Waals surface area contributed by atoms with Gasteiger partial charge in [-0.05, 0) is 41.8 Å². The highest BCUT2D eigenvalue weighted by atomic mass is 14.9. The van der Waals surface area contributed by atoms with Crippen LogP contribution < -0.4 is 0 Å². The van der Waals surface area contributed by atoms with Crippen LogP contribution in [0.5, 0.6) is 0 Å². The van der Waals surface area contributed by atoms with Crippen LogP contribution in [0.4, 0.5) is 0 Å². The Labute approximate surface area is 226 Å². The van der Waals surface area contributed by atoms with Gasteiger partial charge >= 0.3 is 0 Å². The lowest BCUT2D eigenvalue weighted by molar-refractivity contribution is 1.08. The van der Waals surface area contributed by atoms with Gasteiger partial charge in [-0.15, -0.1) is 0 Å². The van der Waals surface area contributed by atoms with Crippen LogP contribution in [0.3, 0.4) is 0 Å². The molecule has 4 aromatic heterocycles. The Morgan fingerprint density at radius 2 is 1.28 bits per heavy atom. The van der Waals surface area contributed by atoms with E-state index in [-0.39, 0.29) is 0 Å². The summed E-state index contributed by atoms with van der Waals surface area (Å²) in [6, 6.07) is 42.9. The normalized spacial score (nSPS) is 11.8. The lowest BCUT2D eigenvalue weighted by Gasteiger charge is -2.12. The van der Waals surface area contributed by atoms with Crippen molar-refractivity contribution in [3.8, 4) is 22.5 Å². The van der Waals surface area contributed by atoms with Crippen molar-refractivity contribution in [1.82, 2.24) is 14.4 Å². The number of fused-ring (bicyclic) bond motifs is 4. The lowest BCUT2D eigenvalue weighted by atomic mass is 9.93. The number of aromatic nitrogens is 3. The second-order valence-electron chi connectivity index (χ2n) is 10.2. The fraction of sp³-hybridized carbons (Fsp3) is 0.0556. The summed E-state index contributed by atoms with van der Waals surface area (Å²) in [7, 11) is 0. The molecule has 0 atom stereocenters. The van der Waals surface area contributed by atoms with E-state index in [4.69, 9.17) is 9.97 Å². The monoisotopic (exact) mass is 499 g/mol. The molecule has 0 fully saturated rings. The van der Waals surface area contributed by atoms with Crippen molar-refractivity contribution in [1.29, 1.82) is 0 Å². The number of hydrogen-bond donors (Lipinski definition) is 0. The number of rotatable bonds is 4. The van der Waals surface area contributed by atoms with Crippen LogP contribution in [-0.2, 0) is 6.42 Å². The van der Waals surface area contributed by atoms with E-state index in [9.17, 15) is 0 Å². The van der Waals surface area contributed by atoms with Crippen LogP contribution in [0.2, 0.25) is 0 Å². The summed E-state index contributed by atoms with van der Waals surface area (Å²) in [5.41, 5.74) is 12.0. The molecule has 0 unspecified atom stereocenters. The molecule has 0 aliphatic heterocycles. The van der Waals surface area contributed by atoms with Gasteiger partial charge in [-0.3, -0.25) is 0 Å². The molecule has 0 radical (unpaired) electrons. The van der Waals surface area contributed by atoms with Crippen molar-refractivity contribution in [2.24, 2.45) is 0 Å². The molecule has 4 heterocycles. The fourth-order valence-corrected chi connectivity index (χ4v) is 6.25. The van der Waals surface area contributed by atoms with Gasteiger partial charge in [0, 0.05) is 33.7 Å². The summed E-state index contributed by atoms with van der Waals surface area (Å²) in [6.07, 6.45) is 0.706. The van der Waals surface area contributed by atoms with Crippen LogP contribution in [0, 0.1) is 6.92 Å². The van der Waals surface area contributed by atoms with E-state index in [1.165, 1.54) is 49.6 Å². The maximum atomic E-state index is 5.22. The van der Waals surface area contributed by atoms with E-state index >= 15 is 0 Å². The predicted octanol–water partition coefficient (Wildman–Crippen LogP) is 8.86. The van der Waals surface area contributed by atoms with Gasteiger partial charge in [0.1, 0.15) is 0 Å². The first kappa shape index (κ1) is 22.0. The van der Waals surface area contributed by atoms with Gasteiger partial charge in [-0.2, -0.15) is 0 Å². The molecule has 0 saturated carbocycles. The average Bonchev–Trinajstić information content (AvgIpc) is 3.50. The second kappa shape index (κ2) is 8.50. The standard InChI is InChI=1S/C36H25N3/c1-23-12-5-6-15-25(23)34-29(35-27-17-8-7-16-26(27)32-20-11-21-33(34)39(32)35)22-31-28-18-9-10-19-30(28)37-36(38-31)24-13-3-2-4-14-24/h2-21H,22H2,1H3. The average molecular weight is 500 g/mol. The summed E-state index contributed by atoms with van der Waals surface area (Å²) in [5.74, 6) is 0.767. The number of aryl methyl sites for hydroxylation is 1. The zero-order valence-corrected chi connectivity index (χ0v) is 21.6. The van der Waals surface area contributed by atoms with Crippen molar-refractivity contribution < 1.29 is 0 Å². The lowest BCUT2D eigenvalue weighted by Crippen LogP contribution is -2.00. The SMILES string of the molecule is Cc1ccccc1-c1c(Cc2nc(-c3ccccc3)nc3ccccc23)c2c3ccccc3c3cccc1n32. The fourth-order valence-electron chi connectivity index (χ4n) is 6.25. The first-order chi connectivity index (χ1) is 19.3. The summed E-state index contributed by atoms with van der Waals surface area (Å²) >= 11 is 0. The molecule has 4 aromatic carbocycles. The molecule has 0 amide bonds. The van der Waals surface area contributed by atoms with Crippen LogP contribution >= 0.6 is 0 Å². The molecule has 39 heavy (non-hydrogen) atoms. The Hall–Kier alpha value is -5.02. The Kier molecular flexibility index (Phi) is 4.80. The van der Waals surface area contributed by atoms with Crippen LogP contribution in [0.15, 0.2) is 121 Å². The van der Waals surface area contributed by atoms with Gasteiger partial charge in [-0.1, -0.05) is 103 Å². The molecule has 0 aliphatic carbocycles. The molecular weight excluding hydrogens is 474 g/mol. The van der Waals surface area contributed by atoms with Crippen molar-refractivity contribution in [2.75, 3.05) is 0 Å². The third-order valence-corrected chi connectivity index (χ3v) is 7.99. The summed E-state index contributed by atoms with van der Waals surface area (Å²) in [6.45, 7) is 2.21. The molecule has 0 bridgehead atoms. The van der Waals surface area contributed by atoms with Crippen molar-refractivity contribution >= 4 is 38.2 Å². The third-order valence-electron chi connectivity index (χ3n) is 7.99. The van der Waals surface area contributed by atoms with E-state index in [2.05, 4.69) is 114 Å². The summed E-state index contributed by atoms with van der Waals surface area (Å²) < 4.78 is 2.46. The van der Waals surface area contributed by atoms with E-state index < -0.39 is 0 Å². The van der Waals surface area contributed by atoms with E-state index in [1.807, 2.05) is 18.2 Å². The minimum Gasteiger partial charge on any atom is -0.308 e. The Morgan fingerprint density at radius 1 is 0.590 bits per heavy atom. The zero-order valence-electron chi connectivity index (χ0n) is 21.6. The zero-order chi connectivity index (χ0) is 25.9. The van der Waals surface area contributed by atoms with Crippen molar-refractivity contribution in [2.45, 2.75) is 13.3 Å². The molecule has 184 valence electrons. The van der Waals surface area contributed by atoms with Crippen molar-refractivity contribution in [3.63, 3.8) is 0 Å². The molecule has 8 rings (SSSR count). The summed E-state index contributed by atoms with van der Waals surface area (Å²) in [5, 5.41) is 3.67. The highest BCUT2D eigenvalue weighted by Gasteiger charge is 2.24. The Morgan fingerprint density at radius 3 is 2.13 bits per heavy atom. The quantitative estimate of drug-likeness (QED) is 0.242. The maximum Gasteiger partial charge on any atom is 0.160 e. The predicted molar refractivity (Wildman–Crippen MR) is 162 cm³/mol. The molecule has 0 aliphatic rings. The Balaban J connectivity index is 1.48. The van der Waals surface area contributed by atoms with E-state index in [0.29, 0.717) is 6.42 Å². The minimum absolute atomic E-state index is 0.706. The van der Waals surface area contributed by atoms with Gasteiger partial charge in [0.05, 0.1) is 27.8 Å². The van der Waals surface area contributed by atoms with E-state index in [1.54, 1.807) is 0 Å². The van der Waals surface area contributed by atoms with Gasteiger partial charge in [0.25, 0.3) is 0 Å². The van der Waals surface area contributed by atoms with Crippen LogP contribution in [0.25, 0.3) is 60.7 Å². The first-order valence-corrected chi connectivity index (χ1v) is 13.4. The number of pyridine rings is 1. The van der Waals surface area contributed by atoms with Gasteiger partial charge in [0.2, 0.25) is 0 Å². The first-order valence-electron chi connectivity index (χ1n) is 13.4. The molecule has 3 heteroatoms. The number of para-hydroxylation sites is 1. The molecule has 0 spiro atoms. The molecular formula is C36H25N3. The summed E-state index contributed by atoms with van der Waals surface area (Å²) in [4.78, 5) is 10.2. The van der Waals surface area contributed by atoms with Crippen molar-refractivity contribution in [3.05, 3.63) is 138 Å². The van der Waals surface area contributed by atoms with Gasteiger partial charge in [0.15, 0.2) is 5.82 Å². The third kappa shape index (κ3) is 3.30. The largest absolute Gasteiger partial charge is 0.308 e. The maximum absolute atomic E-state index is 5.22. The topological polar surface area (TPSA) is 30.2 Å². The van der Waals surface area contributed by atoms with Crippen LogP contribution in [-0.4, -0.2) is 14.4 Å². The van der Waals surface area contributed by atoms with Gasteiger partial charge < -0.3 is 4.40 Å². The Bertz CT molecular complexity index is 2150. The van der Waals surface area contributed by atoms with E-state index in [0.717, 1.165) is 28.0 Å². The number of benzene rings is 4. The minimum atomic E-state index is 0.706. The highest BCUT2D eigenvalue weighted by molar-refractivity contribution is 6.14. The van der Waals surface area contributed by atoms with Crippen LogP contribution in [0.1, 0.15) is 16.8 Å². The highest BCUT2D eigenvalue weighted by Crippen LogP contribution is 2.43. The number of nitrogens with zero attached hydrogens (tertiary/aromatic N) is 3. The molecule has 8 aromatic rings. The second-order valence-corrected chi connectivity index (χ2v) is 10.2. The van der Waals surface area contributed by atoms with Gasteiger partial charge in [-0.25, -0.2) is 9.97 Å². The number of hydrogen-bond acceptors (Lipinski definition) is 2. The molecule has 0 saturated heterocycles. The molecule has 3 nitrogen and oxygen atoms in total.